The average Bonchev–Trinajstić information content (AvgIpc) is 2.88. The Morgan fingerprint density at radius 1 is 1.29 bits per heavy atom. The first-order valence-electron chi connectivity index (χ1n) is 6.63. The normalized spacial score (nSPS) is 33.9. The van der Waals surface area contributed by atoms with Gasteiger partial charge in [0.15, 0.2) is 0 Å². The van der Waals surface area contributed by atoms with E-state index in [1.165, 1.54) is 41.7 Å². The van der Waals surface area contributed by atoms with Crippen LogP contribution in [-0.2, 0) is 0 Å². The number of nitrogens with zero attached hydrogens (tertiary/aromatic N) is 1. The van der Waals surface area contributed by atoms with E-state index >= 15 is 0 Å². The second-order valence-corrected chi connectivity index (χ2v) is 6.53. The van der Waals surface area contributed by atoms with Gasteiger partial charge in [-0.3, -0.25) is 0 Å². The molecule has 3 atom stereocenters. The summed E-state index contributed by atoms with van der Waals surface area (Å²) in [5.74, 6) is 1.90. The molecule has 3 aliphatic rings. The number of fused-ring (bicyclic) bond motifs is 5. The maximum Gasteiger partial charge on any atom is 0.0606 e. The molecule has 0 spiro atoms. The van der Waals surface area contributed by atoms with Crippen LogP contribution in [0, 0.1) is 11.8 Å². The van der Waals surface area contributed by atoms with Gasteiger partial charge in [-0.05, 0) is 42.9 Å². The van der Waals surface area contributed by atoms with Crippen LogP contribution >= 0.6 is 15.9 Å². The third-order valence-corrected chi connectivity index (χ3v) is 5.31. The van der Waals surface area contributed by atoms with E-state index in [0.717, 1.165) is 24.4 Å². The maximum atomic E-state index is 3.62. The van der Waals surface area contributed by atoms with E-state index in [0.29, 0.717) is 0 Å². The van der Waals surface area contributed by atoms with Crippen molar-refractivity contribution in [1.29, 1.82) is 0 Å². The molecule has 2 heterocycles. The van der Waals surface area contributed by atoms with Gasteiger partial charge >= 0.3 is 0 Å². The van der Waals surface area contributed by atoms with Crippen molar-refractivity contribution in [2.75, 3.05) is 23.3 Å². The van der Waals surface area contributed by atoms with Crippen molar-refractivity contribution in [3.8, 4) is 0 Å². The molecule has 2 fully saturated rings. The molecular formula is C14H17BrN2. The fourth-order valence-corrected chi connectivity index (χ4v) is 4.43. The van der Waals surface area contributed by atoms with Crippen LogP contribution in [0.1, 0.15) is 19.3 Å². The van der Waals surface area contributed by atoms with Crippen LogP contribution in [0.2, 0.25) is 0 Å². The van der Waals surface area contributed by atoms with Crippen LogP contribution in [0.3, 0.4) is 0 Å². The molecule has 0 amide bonds. The van der Waals surface area contributed by atoms with E-state index < -0.39 is 0 Å². The molecule has 0 radical (unpaired) electrons. The largest absolute Gasteiger partial charge is 0.381 e. The van der Waals surface area contributed by atoms with Crippen molar-refractivity contribution in [1.82, 2.24) is 0 Å². The molecule has 1 saturated heterocycles. The quantitative estimate of drug-likeness (QED) is 0.788. The van der Waals surface area contributed by atoms with E-state index in [2.05, 4.69) is 44.3 Å². The summed E-state index contributed by atoms with van der Waals surface area (Å²) >= 11 is 3.55. The van der Waals surface area contributed by atoms with Gasteiger partial charge in [-0.25, -0.2) is 0 Å². The molecule has 4 rings (SSSR count). The Bertz CT molecular complexity index is 460. The molecular weight excluding hydrogens is 276 g/mol. The van der Waals surface area contributed by atoms with Crippen LogP contribution in [0.4, 0.5) is 11.4 Å². The van der Waals surface area contributed by atoms with Gasteiger partial charge in [-0.2, -0.15) is 0 Å². The van der Waals surface area contributed by atoms with Crippen molar-refractivity contribution >= 4 is 27.3 Å². The molecule has 0 bridgehead atoms. The van der Waals surface area contributed by atoms with E-state index in [4.69, 9.17) is 0 Å². The lowest BCUT2D eigenvalue weighted by Crippen LogP contribution is -2.42. The highest BCUT2D eigenvalue weighted by Crippen LogP contribution is 2.47. The van der Waals surface area contributed by atoms with E-state index in [1.807, 2.05) is 0 Å². The fraction of sp³-hybridized carbons (Fsp3) is 0.571. The monoisotopic (exact) mass is 292 g/mol. The number of hydrogen-bond acceptors (Lipinski definition) is 2. The predicted molar refractivity (Wildman–Crippen MR) is 74.6 cm³/mol. The first-order chi connectivity index (χ1) is 8.33. The highest BCUT2D eigenvalue weighted by atomic mass is 79.9. The minimum absolute atomic E-state index is 0.746. The Labute approximate surface area is 111 Å². The molecule has 1 N–H and O–H groups in total. The van der Waals surface area contributed by atoms with Gasteiger partial charge in [-0.1, -0.05) is 22.4 Å². The summed E-state index contributed by atoms with van der Waals surface area (Å²) in [7, 11) is 0. The van der Waals surface area contributed by atoms with E-state index in [-0.39, 0.29) is 0 Å². The molecule has 1 saturated carbocycles. The Morgan fingerprint density at radius 3 is 3.18 bits per heavy atom. The minimum atomic E-state index is 0.746. The zero-order valence-electron chi connectivity index (χ0n) is 9.82. The highest BCUT2D eigenvalue weighted by molar-refractivity contribution is 9.10. The highest BCUT2D eigenvalue weighted by Gasteiger charge is 2.45. The fourth-order valence-electron chi connectivity index (χ4n) is 4.07. The van der Waals surface area contributed by atoms with Crippen LogP contribution < -0.4 is 10.2 Å². The number of benzene rings is 1. The number of halogens is 1. The molecule has 2 nitrogen and oxygen atoms in total. The SMILES string of the molecule is Brc1ccc2c(c1)NCC1C3CCCC3CN21. The summed E-state index contributed by atoms with van der Waals surface area (Å²) in [6.45, 7) is 2.41. The maximum absolute atomic E-state index is 3.62. The van der Waals surface area contributed by atoms with Gasteiger partial charge in [-0.15, -0.1) is 0 Å². The van der Waals surface area contributed by atoms with E-state index in [9.17, 15) is 0 Å². The topological polar surface area (TPSA) is 15.3 Å². The summed E-state index contributed by atoms with van der Waals surface area (Å²) < 4.78 is 1.17. The van der Waals surface area contributed by atoms with Crippen LogP contribution in [-0.4, -0.2) is 19.1 Å². The first kappa shape index (κ1) is 10.2. The second kappa shape index (κ2) is 3.64. The Balaban J connectivity index is 1.74. The molecule has 1 aromatic carbocycles. The van der Waals surface area contributed by atoms with Gasteiger partial charge in [0.05, 0.1) is 11.4 Å². The molecule has 0 aromatic heterocycles. The zero-order chi connectivity index (χ0) is 11.4. The minimum Gasteiger partial charge on any atom is -0.381 e. The summed E-state index contributed by atoms with van der Waals surface area (Å²) in [5, 5.41) is 3.62. The van der Waals surface area contributed by atoms with Gasteiger partial charge in [0, 0.05) is 23.6 Å². The number of hydrogen-bond donors (Lipinski definition) is 1. The second-order valence-electron chi connectivity index (χ2n) is 5.62. The lowest BCUT2D eigenvalue weighted by Gasteiger charge is -2.36. The van der Waals surface area contributed by atoms with Crippen molar-refractivity contribution in [2.24, 2.45) is 11.8 Å². The van der Waals surface area contributed by atoms with Crippen molar-refractivity contribution in [3.05, 3.63) is 22.7 Å². The summed E-state index contributed by atoms with van der Waals surface area (Å²) in [6, 6.07) is 7.38. The predicted octanol–water partition coefficient (Wildman–Crippen LogP) is 3.48. The number of nitrogens with one attached hydrogen (secondary N) is 1. The molecule has 3 heteroatoms. The zero-order valence-corrected chi connectivity index (χ0v) is 11.4. The Hall–Kier alpha value is -0.700. The molecule has 1 aliphatic carbocycles. The standard InChI is InChI=1S/C14H17BrN2/c15-10-4-5-13-12(6-10)16-7-14-11-3-1-2-9(11)8-17(13)14/h4-6,9,11,14,16H,1-3,7-8H2. The van der Waals surface area contributed by atoms with E-state index in [1.54, 1.807) is 0 Å². The van der Waals surface area contributed by atoms with Crippen molar-refractivity contribution in [3.63, 3.8) is 0 Å². The van der Waals surface area contributed by atoms with Crippen LogP contribution in [0.15, 0.2) is 22.7 Å². The number of rotatable bonds is 0. The summed E-state index contributed by atoms with van der Waals surface area (Å²) in [4.78, 5) is 2.66. The Kier molecular flexibility index (Phi) is 2.20. The van der Waals surface area contributed by atoms with Crippen LogP contribution in [0.25, 0.3) is 0 Å². The third kappa shape index (κ3) is 1.44. The lowest BCUT2D eigenvalue weighted by atomic mass is 9.93. The lowest BCUT2D eigenvalue weighted by molar-refractivity contribution is 0.429. The summed E-state index contributed by atoms with van der Waals surface area (Å²) in [5.41, 5.74) is 2.72. The molecule has 3 unspecified atom stereocenters. The van der Waals surface area contributed by atoms with Crippen molar-refractivity contribution < 1.29 is 0 Å². The molecule has 1 aromatic rings. The molecule has 17 heavy (non-hydrogen) atoms. The van der Waals surface area contributed by atoms with Gasteiger partial charge < -0.3 is 10.2 Å². The first-order valence-corrected chi connectivity index (χ1v) is 7.42. The Morgan fingerprint density at radius 2 is 2.24 bits per heavy atom. The average molecular weight is 293 g/mol. The number of anilines is 2. The smallest absolute Gasteiger partial charge is 0.0606 e. The van der Waals surface area contributed by atoms with Crippen LogP contribution in [0.5, 0.6) is 0 Å². The third-order valence-electron chi connectivity index (χ3n) is 4.81. The molecule has 2 aliphatic heterocycles. The van der Waals surface area contributed by atoms with Gasteiger partial charge in [0.1, 0.15) is 0 Å². The van der Waals surface area contributed by atoms with Crippen molar-refractivity contribution in [2.45, 2.75) is 25.3 Å². The van der Waals surface area contributed by atoms with Gasteiger partial charge in [0.25, 0.3) is 0 Å². The van der Waals surface area contributed by atoms with Gasteiger partial charge in [0.2, 0.25) is 0 Å². The summed E-state index contributed by atoms with van der Waals surface area (Å²) in [6.07, 6.45) is 4.34. The molecule has 90 valence electrons.